The van der Waals surface area contributed by atoms with Crippen LogP contribution in [0.4, 0.5) is 20.3 Å². The molecule has 0 aliphatic rings. The van der Waals surface area contributed by atoms with Crippen molar-refractivity contribution in [3.05, 3.63) is 52.1 Å². The minimum Gasteiger partial charge on any atom is -0.370 e. The topological polar surface area (TPSA) is 54.0 Å². The fraction of sp³-hybridized carbons (Fsp3) is 0.143. The monoisotopic (exact) mass is 355 g/mol. The van der Waals surface area contributed by atoms with Crippen molar-refractivity contribution in [1.82, 2.24) is 4.98 Å². The number of nitrogens with one attached hydrogen (secondary N) is 2. The molecule has 1 heterocycles. The Hall–Kier alpha value is -2.02. The minimum atomic E-state index is -0.843. The summed E-state index contributed by atoms with van der Waals surface area (Å²) in [5.74, 6) is -1.53. The average Bonchev–Trinajstić information content (AvgIpc) is 2.45. The summed E-state index contributed by atoms with van der Waals surface area (Å²) >= 11 is 2.95. The number of amides is 1. The molecule has 0 radical (unpaired) electrons. The standard InChI is InChI=1S/C14H12BrF2N3O/c1-2-18-13-5-8(3-4-19-13)14(21)20-12-6-9(15)10(16)7-11(12)17/h3-7H,2H2,1H3,(H,18,19)(H,20,21). The van der Waals surface area contributed by atoms with Crippen molar-refractivity contribution in [2.75, 3.05) is 17.2 Å². The van der Waals surface area contributed by atoms with Crippen molar-refractivity contribution in [2.24, 2.45) is 0 Å². The van der Waals surface area contributed by atoms with Gasteiger partial charge in [0, 0.05) is 24.4 Å². The molecule has 0 aliphatic heterocycles. The molecule has 1 aromatic heterocycles. The lowest BCUT2D eigenvalue weighted by Gasteiger charge is -2.09. The molecule has 0 atom stereocenters. The maximum Gasteiger partial charge on any atom is 0.255 e. The van der Waals surface area contributed by atoms with Gasteiger partial charge >= 0.3 is 0 Å². The van der Waals surface area contributed by atoms with Crippen molar-refractivity contribution in [1.29, 1.82) is 0 Å². The van der Waals surface area contributed by atoms with Crippen molar-refractivity contribution < 1.29 is 13.6 Å². The lowest BCUT2D eigenvalue weighted by molar-refractivity contribution is 0.102. The maximum absolute atomic E-state index is 13.6. The molecule has 2 rings (SSSR count). The Morgan fingerprint density at radius 1 is 1.29 bits per heavy atom. The predicted octanol–water partition coefficient (Wildman–Crippen LogP) is 3.81. The van der Waals surface area contributed by atoms with Gasteiger partial charge in [0.2, 0.25) is 0 Å². The van der Waals surface area contributed by atoms with Gasteiger partial charge in [0.05, 0.1) is 10.2 Å². The van der Waals surface area contributed by atoms with E-state index in [9.17, 15) is 13.6 Å². The van der Waals surface area contributed by atoms with Gasteiger partial charge in [-0.2, -0.15) is 0 Å². The van der Waals surface area contributed by atoms with Crippen LogP contribution in [0.2, 0.25) is 0 Å². The fourth-order valence-electron chi connectivity index (χ4n) is 1.66. The van der Waals surface area contributed by atoms with Gasteiger partial charge in [-0.1, -0.05) is 0 Å². The summed E-state index contributed by atoms with van der Waals surface area (Å²) in [4.78, 5) is 16.1. The summed E-state index contributed by atoms with van der Waals surface area (Å²) in [5.41, 5.74) is 0.218. The Balaban J connectivity index is 2.22. The van der Waals surface area contributed by atoms with Gasteiger partial charge in [-0.25, -0.2) is 13.8 Å². The summed E-state index contributed by atoms with van der Waals surface area (Å²) in [6, 6.07) is 4.94. The first-order valence-electron chi connectivity index (χ1n) is 6.17. The van der Waals surface area contributed by atoms with Gasteiger partial charge in [0.25, 0.3) is 5.91 Å². The fourth-order valence-corrected chi connectivity index (χ4v) is 2.01. The van der Waals surface area contributed by atoms with Crippen LogP contribution in [0.25, 0.3) is 0 Å². The van der Waals surface area contributed by atoms with E-state index in [0.717, 1.165) is 0 Å². The van der Waals surface area contributed by atoms with Crippen LogP contribution in [0, 0.1) is 11.6 Å². The lowest BCUT2D eigenvalue weighted by Crippen LogP contribution is -2.14. The van der Waals surface area contributed by atoms with Gasteiger partial charge in [-0.05, 0) is 41.1 Å². The molecule has 0 fully saturated rings. The average molecular weight is 356 g/mol. The molecule has 2 N–H and O–H groups in total. The van der Waals surface area contributed by atoms with Gasteiger partial charge in [0.1, 0.15) is 17.5 Å². The molecule has 0 spiro atoms. The molecule has 1 aromatic carbocycles. The quantitative estimate of drug-likeness (QED) is 0.820. The number of carbonyl (C=O) groups excluding carboxylic acids is 1. The molecule has 0 bridgehead atoms. The second-order valence-electron chi connectivity index (χ2n) is 4.16. The van der Waals surface area contributed by atoms with Crippen LogP contribution in [0.1, 0.15) is 17.3 Å². The van der Waals surface area contributed by atoms with Gasteiger partial charge in [-0.3, -0.25) is 4.79 Å². The smallest absolute Gasteiger partial charge is 0.255 e. The van der Waals surface area contributed by atoms with Crippen LogP contribution in [0.5, 0.6) is 0 Å². The number of nitrogens with zero attached hydrogens (tertiary/aromatic N) is 1. The molecule has 2 aromatic rings. The molecule has 21 heavy (non-hydrogen) atoms. The number of carbonyl (C=O) groups is 1. The van der Waals surface area contributed by atoms with Crippen LogP contribution < -0.4 is 10.6 Å². The highest BCUT2D eigenvalue weighted by Gasteiger charge is 2.13. The van der Waals surface area contributed by atoms with Gasteiger partial charge < -0.3 is 10.6 Å². The van der Waals surface area contributed by atoms with E-state index >= 15 is 0 Å². The second kappa shape index (κ2) is 6.62. The third-order valence-corrected chi connectivity index (χ3v) is 3.25. The Kier molecular flexibility index (Phi) is 4.85. The van der Waals surface area contributed by atoms with Gasteiger partial charge in [-0.15, -0.1) is 0 Å². The largest absolute Gasteiger partial charge is 0.370 e. The summed E-state index contributed by atoms with van der Waals surface area (Å²) in [5, 5.41) is 5.37. The molecule has 0 saturated heterocycles. The Morgan fingerprint density at radius 3 is 2.76 bits per heavy atom. The Morgan fingerprint density at radius 2 is 2.05 bits per heavy atom. The van der Waals surface area contributed by atoms with E-state index in [1.54, 1.807) is 6.07 Å². The molecular weight excluding hydrogens is 344 g/mol. The van der Waals surface area contributed by atoms with Crippen molar-refractivity contribution in [3.8, 4) is 0 Å². The number of aromatic nitrogens is 1. The van der Waals surface area contributed by atoms with E-state index in [0.29, 0.717) is 24.0 Å². The molecule has 0 unspecified atom stereocenters. The highest BCUT2D eigenvalue weighted by atomic mass is 79.9. The third kappa shape index (κ3) is 3.75. The Labute approximate surface area is 128 Å². The van der Waals surface area contributed by atoms with Gasteiger partial charge in [0.15, 0.2) is 0 Å². The van der Waals surface area contributed by atoms with E-state index in [4.69, 9.17) is 0 Å². The summed E-state index contributed by atoms with van der Waals surface area (Å²) in [6.07, 6.45) is 1.48. The van der Waals surface area contributed by atoms with E-state index in [-0.39, 0.29) is 10.2 Å². The minimum absolute atomic E-state index is 0.0715. The van der Waals surface area contributed by atoms with Crippen LogP contribution in [0.3, 0.4) is 0 Å². The molecule has 4 nitrogen and oxygen atoms in total. The second-order valence-corrected chi connectivity index (χ2v) is 5.01. The van der Waals surface area contributed by atoms with Crippen LogP contribution in [0.15, 0.2) is 34.9 Å². The maximum atomic E-state index is 13.6. The SMILES string of the molecule is CCNc1cc(C(=O)Nc2cc(Br)c(F)cc2F)ccn1. The van der Waals surface area contributed by atoms with Crippen molar-refractivity contribution >= 4 is 33.3 Å². The van der Waals surface area contributed by atoms with Crippen LogP contribution in [-0.2, 0) is 0 Å². The number of halogens is 3. The van der Waals surface area contributed by atoms with E-state index in [2.05, 4.69) is 31.5 Å². The first kappa shape index (κ1) is 15.4. The number of hydrogen-bond donors (Lipinski definition) is 2. The van der Waals surface area contributed by atoms with E-state index in [1.165, 1.54) is 18.3 Å². The van der Waals surface area contributed by atoms with Crippen molar-refractivity contribution in [3.63, 3.8) is 0 Å². The van der Waals surface area contributed by atoms with E-state index < -0.39 is 17.5 Å². The van der Waals surface area contributed by atoms with Crippen LogP contribution in [-0.4, -0.2) is 17.4 Å². The Bertz CT molecular complexity index is 679. The molecule has 7 heteroatoms. The summed E-state index contributed by atoms with van der Waals surface area (Å²) < 4.78 is 26.8. The number of rotatable bonds is 4. The molecular formula is C14H12BrF2N3O. The molecule has 0 aliphatic carbocycles. The summed E-state index contributed by atoms with van der Waals surface area (Å²) in [7, 11) is 0. The highest BCUT2D eigenvalue weighted by Crippen LogP contribution is 2.24. The predicted molar refractivity (Wildman–Crippen MR) is 80.4 cm³/mol. The number of benzene rings is 1. The normalized spacial score (nSPS) is 10.3. The zero-order valence-electron chi connectivity index (χ0n) is 11.1. The lowest BCUT2D eigenvalue weighted by atomic mass is 10.2. The third-order valence-electron chi connectivity index (χ3n) is 2.64. The van der Waals surface area contributed by atoms with E-state index in [1.807, 2.05) is 6.92 Å². The summed E-state index contributed by atoms with van der Waals surface area (Å²) in [6.45, 7) is 2.57. The number of hydrogen-bond acceptors (Lipinski definition) is 3. The zero-order valence-corrected chi connectivity index (χ0v) is 12.7. The van der Waals surface area contributed by atoms with Crippen molar-refractivity contribution in [2.45, 2.75) is 6.92 Å². The number of anilines is 2. The molecule has 110 valence electrons. The number of pyridine rings is 1. The molecule has 1 amide bonds. The first-order valence-corrected chi connectivity index (χ1v) is 6.96. The highest BCUT2D eigenvalue weighted by molar-refractivity contribution is 9.10. The molecule has 0 saturated carbocycles. The zero-order chi connectivity index (χ0) is 15.4. The van der Waals surface area contributed by atoms with Crippen LogP contribution >= 0.6 is 15.9 Å². The first-order chi connectivity index (χ1) is 10.0.